The van der Waals surface area contributed by atoms with E-state index in [1.54, 1.807) is 29.2 Å². The fraction of sp³-hybridized carbons (Fsp3) is 0.400. The molecule has 0 spiro atoms. The van der Waals surface area contributed by atoms with Gasteiger partial charge in [0.05, 0.1) is 19.8 Å². The number of carbonyl (C=O) groups is 3. The zero-order valence-corrected chi connectivity index (χ0v) is 13.2. The van der Waals surface area contributed by atoms with Crippen LogP contribution in [0.5, 0.6) is 0 Å². The first-order valence-electron chi connectivity index (χ1n) is 6.74. The maximum atomic E-state index is 12.5. The highest BCUT2D eigenvalue weighted by atomic mass is 32.2. The summed E-state index contributed by atoms with van der Waals surface area (Å²) in [6, 6.07) is 6.28. The number of nitrogens with zero attached hydrogens (tertiary/aromatic N) is 1. The summed E-state index contributed by atoms with van der Waals surface area (Å²) < 4.78 is 9.35. The molecule has 2 rings (SSSR count). The molecule has 1 aromatic rings. The third-order valence-electron chi connectivity index (χ3n) is 3.37. The fourth-order valence-electron chi connectivity index (χ4n) is 2.16. The standard InChI is InChI=1S/C15H17NO5S/c1-20-14(18)11-5-3-10(4-6-11)13(17)16-7-8-22-12(9-16)15(19)21-2/h3-6,12H,7-9H2,1-2H3/t12-/m0/s1. The molecule has 1 atom stereocenters. The Morgan fingerprint density at radius 2 is 1.73 bits per heavy atom. The summed E-state index contributed by atoms with van der Waals surface area (Å²) in [7, 11) is 2.65. The molecule has 0 aliphatic carbocycles. The number of ether oxygens (including phenoxy) is 2. The summed E-state index contributed by atoms with van der Waals surface area (Å²) in [4.78, 5) is 37.1. The van der Waals surface area contributed by atoms with Gasteiger partial charge < -0.3 is 14.4 Å². The summed E-state index contributed by atoms with van der Waals surface area (Å²) in [5.41, 5.74) is 0.865. The van der Waals surface area contributed by atoms with Gasteiger partial charge >= 0.3 is 11.9 Å². The zero-order valence-electron chi connectivity index (χ0n) is 12.4. The van der Waals surface area contributed by atoms with Crippen molar-refractivity contribution < 1.29 is 23.9 Å². The van der Waals surface area contributed by atoms with Crippen LogP contribution in [0.25, 0.3) is 0 Å². The molecular formula is C15H17NO5S. The van der Waals surface area contributed by atoms with E-state index in [1.165, 1.54) is 26.0 Å². The minimum absolute atomic E-state index is 0.161. The molecule has 0 N–H and O–H groups in total. The van der Waals surface area contributed by atoms with E-state index in [-0.39, 0.29) is 17.1 Å². The van der Waals surface area contributed by atoms with Crippen molar-refractivity contribution in [2.24, 2.45) is 0 Å². The molecule has 0 radical (unpaired) electrons. The molecule has 0 saturated carbocycles. The normalized spacial score (nSPS) is 17.7. The van der Waals surface area contributed by atoms with Gasteiger partial charge in [0.25, 0.3) is 5.91 Å². The number of amides is 1. The number of rotatable bonds is 3. The van der Waals surface area contributed by atoms with Gasteiger partial charge in [-0.25, -0.2) is 4.79 Å². The Hall–Kier alpha value is -2.02. The van der Waals surface area contributed by atoms with Crippen molar-refractivity contribution in [2.75, 3.05) is 33.1 Å². The van der Waals surface area contributed by atoms with Crippen LogP contribution in [0.3, 0.4) is 0 Å². The number of carbonyl (C=O) groups excluding carboxylic acids is 3. The first-order chi connectivity index (χ1) is 10.6. The minimum atomic E-state index is -0.445. The van der Waals surface area contributed by atoms with E-state index in [4.69, 9.17) is 4.74 Å². The number of esters is 2. The Labute approximate surface area is 132 Å². The lowest BCUT2D eigenvalue weighted by Crippen LogP contribution is -2.44. The Kier molecular flexibility index (Phi) is 5.43. The van der Waals surface area contributed by atoms with E-state index in [1.807, 2.05) is 0 Å². The lowest BCUT2D eigenvalue weighted by molar-refractivity contribution is -0.140. The molecule has 1 amide bonds. The summed E-state index contributed by atoms with van der Waals surface area (Å²) in [6.07, 6.45) is 0. The van der Waals surface area contributed by atoms with Crippen molar-refractivity contribution in [3.05, 3.63) is 35.4 Å². The largest absolute Gasteiger partial charge is 0.468 e. The molecule has 1 fully saturated rings. The maximum Gasteiger partial charge on any atom is 0.337 e. The monoisotopic (exact) mass is 323 g/mol. The highest BCUT2D eigenvalue weighted by Crippen LogP contribution is 2.21. The van der Waals surface area contributed by atoms with Crippen molar-refractivity contribution in [2.45, 2.75) is 5.25 Å². The molecule has 1 heterocycles. The third kappa shape index (κ3) is 3.59. The summed E-state index contributed by atoms with van der Waals surface area (Å²) >= 11 is 1.49. The predicted molar refractivity (Wildman–Crippen MR) is 81.9 cm³/mol. The Morgan fingerprint density at radius 1 is 1.09 bits per heavy atom. The second kappa shape index (κ2) is 7.31. The van der Waals surface area contributed by atoms with Crippen LogP contribution in [0.15, 0.2) is 24.3 Å². The van der Waals surface area contributed by atoms with Crippen molar-refractivity contribution in [1.29, 1.82) is 0 Å². The quantitative estimate of drug-likeness (QED) is 0.779. The number of thioether (sulfide) groups is 1. The lowest BCUT2D eigenvalue weighted by Gasteiger charge is -2.31. The fourth-order valence-corrected chi connectivity index (χ4v) is 3.29. The highest BCUT2D eigenvalue weighted by Gasteiger charge is 2.30. The topological polar surface area (TPSA) is 72.9 Å². The Balaban J connectivity index is 2.07. The zero-order chi connectivity index (χ0) is 16.1. The average Bonchev–Trinajstić information content (AvgIpc) is 2.59. The van der Waals surface area contributed by atoms with Crippen LogP contribution in [0.4, 0.5) is 0 Å². The van der Waals surface area contributed by atoms with Crippen LogP contribution in [0.2, 0.25) is 0 Å². The molecule has 7 heteroatoms. The molecule has 1 saturated heterocycles. The van der Waals surface area contributed by atoms with Gasteiger partial charge in [0, 0.05) is 24.4 Å². The van der Waals surface area contributed by atoms with Gasteiger partial charge in [-0.3, -0.25) is 9.59 Å². The summed E-state index contributed by atoms with van der Waals surface area (Å²) in [5, 5.41) is -0.350. The predicted octanol–water partition coefficient (Wildman–Crippen LogP) is 1.20. The average molecular weight is 323 g/mol. The van der Waals surface area contributed by atoms with Crippen LogP contribution in [-0.4, -0.2) is 61.1 Å². The van der Waals surface area contributed by atoms with Gasteiger partial charge in [-0.2, -0.15) is 0 Å². The summed E-state index contributed by atoms with van der Waals surface area (Å²) in [5.74, 6) is -0.237. The van der Waals surface area contributed by atoms with Crippen molar-refractivity contribution in [3.8, 4) is 0 Å². The highest BCUT2D eigenvalue weighted by molar-refractivity contribution is 8.00. The second-order valence-corrected chi connectivity index (χ2v) is 6.01. The van der Waals surface area contributed by atoms with E-state index in [2.05, 4.69) is 4.74 Å². The molecule has 22 heavy (non-hydrogen) atoms. The van der Waals surface area contributed by atoms with Crippen molar-refractivity contribution >= 4 is 29.6 Å². The van der Waals surface area contributed by atoms with Gasteiger partial charge in [0.1, 0.15) is 5.25 Å². The molecule has 0 unspecified atom stereocenters. The van der Waals surface area contributed by atoms with Crippen LogP contribution in [0, 0.1) is 0 Å². The van der Waals surface area contributed by atoms with Gasteiger partial charge in [0.15, 0.2) is 0 Å². The second-order valence-electron chi connectivity index (χ2n) is 4.70. The van der Waals surface area contributed by atoms with Crippen LogP contribution in [0.1, 0.15) is 20.7 Å². The Bertz CT molecular complexity index is 572. The molecule has 1 aliphatic rings. The number of benzene rings is 1. The third-order valence-corrected chi connectivity index (χ3v) is 4.53. The Morgan fingerprint density at radius 3 is 2.32 bits per heavy atom. The van der Waals surface area contributed by atoms with Crippen molar-refractivity contribution in [3.63, 3.8) is 0 Å². The van der Waals surface area contributed by atoms with E-state index in [0.717, 1.165) is 0 Å². The minimum Gasteiger partial charge on any atom is -0.468 e. The lowest BCUT2D eigenvalue weighted by atomic mass is 10.1. The van der Waals surface area contributed by atoms with E-state index in [9.17, 15) is 14.4 Å². The van der Waals surface area contributed by atoms with Crippen LogP contribution >= 0.6 is 11.8 Å². The molecule has 1 aromatic carbocycles. The molecule has 0 aromatic heterocycles. The number of methoxy groups -OCH3 is 2. The van der Waals surface area contributed by atoms with Crippen LogP contribution in [-0.2, 0) is 14.3 Å². The smallest absolute Gasteiger partial charge is 0.337 e. The van der Waals surface area contributed by atoms with Crippen LogP contribution < -0.4 is 0 Å². The first-order valence-corrected chi connectivity index (χ1v) is 7.78. The molecular weight excluding hydrogens is 306 g/mol. The molecule has 6 nitrogen and oxygen atoms in total. The van der Waals surface area contributed by atoms with Gasteiger partial charge in [-0.15, -0.1) is 11.8 Å². The van der Waals surface area contributed by atoms with E-state index in [0.29, 0.717) is 30.0 Å². The van der Waals surface area contributed by atoms with E-state index < -0.39 is 5.97 Å². The first kappa shape index (κ1) is 16.4. The maximum absolute atomic E-state index is 12.5. The van der Waals surface area contributed by atoms with Gasteiger partial charge in [-0.1, -0.05) is 0 Å². The molecule has 0 bridgehead atoms. The SMILES string of the molecule is COC(=O)c1ccc(C(=O)N2CCS[C@H](C(=O)OC)C2)cc1. The van der Waals surface area contributed by atoms with Gasteiger partial charge in [0.2, 0.25) is 0 Å². The number of hydrogen-bond donors (Lipinski definition) is 0. The summed E-state index contributed by atoms with van der Waals surface area (Å²) in [6.45, 7) is 0.907. The van der Waals surface area contributed by atoms with Gasteiger partial charge in [-0.05, 0) is 24.3 Å². The number of hydrogen-bond acceptors (Lipinski definition) is 6. The molecule has 118 valence electrons. The van der Waals surface area contributed by atoms with E-state index >= 15 is 0 Å². The van der Waals surface area contributed by atoms with Crippen molar-refractivity contribution in [1.82, 2.24) is 4.90 Å². The molecule has 1 aliphatic heterocycles.